The number of hydrogen-bond donors (Lipinski definition) is 2. The van der Waals surface area contributed by atoms with E-state index >= 15 is 0 Å². The molecule has 0 amide bonds. The van der Waals surface area contributed by atoms with E-state index in [0.717, 1.165) is 24.3 Å². The number of hydrogen-bond acceptors (Lipinski definition) is 4. The van der Waals surface area contributed by atoms with Gasteiger partial charge in [-0.05, 0) is 42.7 Å². The third-order valence-electron chi connectivity index (χ3n) is 3.19. The molecule has 1 heterocycles. The largest absolute Gasteiger partial charge is 0.497 e. The Morgan fingerprint density at radius 2 is 2.00 bits per heavy atom. The number of halogens is 1. The number of ether oxygens (including phenoxy) is 1. The van der Waals surface area contributed by atoms with Crippen LogP contribution in [0.4, 0.5) is 4.39 Å². The van der Waals surface area contributed by atoms with E-state index in [1.165, 1.54) is 17.8 Å². The summed E-state index contributed by atoms with van der Waals surface area (Å²) in [5.41, 5.74) is 4.65. The van der Waals surface area contributed by atoms with E-state index < -0.39 is 0 Å². The van der Waals surface area contributed by atoms with Crippen molar-refractivity contribution < 1.29 is 9.13 Å². The smallest absolute Gasteiger partial charge is 0.141 e. The Bertz CT molecular complexity index is 528. The number of nitrogens with zero attached hydrogens (tertiary/aromatic N) is 1. The molecule has 0 saturated heterocycles. The Kier molecular flexibility index (Phi) is 5.03. The molecule has 0 saturated carbocycles. The lowest BCUT2D eigenvalue weighted by molar-refractivity contribution is 0.414. The minimum Gasteiger partial charge on any atom is -0.497 e. The third-order valence-corrected chi connectivity index (χ3v) is 3.19. The van der Waals surface area contributed by atoms with Crippen LogP contribution in [-0.4, -0.2) is 12.1 Å². The molecule has 0 aliphatic heterocycles. The summed E-state index contributed by atoms with van der Waals surface area (Å²) in [4.78, 5) is 4.05. The summed E-state index contributed by atoms with van der Waals surface area (Å²) in [6.45, 7) is 0. The Hall–Kier alpha value is -1.98. The number of nitrogens with two attached hydrogens (primary N) is 1. The van der Waals surface area contributed by atoms with Crippen LogP contribution in [0.2, 0.25) is 0 Å². The normalized spacial score (nSPS) is 12.2. The maximum absolute atomic E-state index is 12.9. The van der Waals surface area contributed by atoms with Gasteiger partial charge in [-0.2, -0.15) is 0 Å². The van der Waals surface area contributed by atoms with E-state index in [-0.39, 0.29) is 11.9 Å². The van der Waals surface area contributed by atoms with Crippen LogP contribution in [0.3, 0.4) is 0 Å². The number of aryl methyl sites for hydroxylation is 1. The molecule has 0 spiro atoms. The van der Waals surface area contributed by atoms with Gasteiger partial charge in [-0.25, -0.2) is 4.39 Å². The molecule has 4 nitrogen and oxygen atoms in total. The van der Waals surface area contributed by atoms with Crippen LogP contribution < -0.4 is 16.0 Å². The number of methoxy groups -OCH3 is 1. The van der Waals surface area contributed by atoms with Crippen molar-refractivity contribution in [3.63, 3.8) is 0 Å². The number of nitrogens with one attached hydrogen (secondary N) is 1. The summed E-state index contributed by atoms with van der Waals surface area (Å²) in [5, 5.41) is 0. The predicted octanol–water partition coefficient (Wildman–Crippen LogP) is 2.37. The topological polar surface area (TPSA) is 60.2 Å². The van der Waals surface area contributed by atoms with E-state index in [4.69, 9.17) is 10.6 Å². The standard InChI is InChI=1S/C15H18FN3O/c1-20-13-6-2-11(3-7-13)4-8-15(19-17)14-9-5-12(16)10-18-14/h2-3,5-7,9-10,15,19H,4,8,17H2,1H3. The molecule has 1 atom stereocenters. The van der Waals surface area contributed by atoms with Crippen molar-refractivity contribution in [1.29, 1.82) is 0 Å². The van der Waals surface area contributed by atoms with E-state index in [9.17, 15) is 4.39 Å². The van der Waals surface area contributed by atoms with Crippen LogP contribution in [0.25, 0.3) is 0 Å². The van der Waals surface area contributed by atoms with Crippen molar-refractivity contribution in [2.75, 3.05) is 7.11 Å². The summed E-state index contributed by atoms with van der Waals surface area (Å²) in [5.74, 6) is 6.04. The van der Waals surface area contributed by atoms with Gasteiger partial charge >= 0.3 is 0 Å². The molecule has 106 valence electrons. The van der Waals surface area contributed by atoms with Crippen LogP contribution in [0.15, 0.2) is 42.6 Å². The molecule has 1 aromatic heterocycles. The maximum Gasteiger partial charge on any atom is 0.141 e. The first-order chi connectivity index (χ1) is 9.72. The zero-order valence-corrected chi connectivity index (χ0v) is 11.3. The summed E-state index contributed by atoms with van der Waals surface area (Å²) in [6, 6.07) is 10.8. The second-order valence-corrected chi connectivity index (χ2v) is 4.51. The van der Waals surface area contributed by atoms with Gasteiger partial charge in [0.15, 0.2) is 0 Å². The number of pyridine rings is 1. The van der Waals surface area contributed by atoms with Crippen LogP contribution in [0.1, 0.15) is 23.7 Å². The lowest BCUT2D eigenvalue weighted by Gasteiger charge is -2.15. The van der Waals surface area contributed by atoms with Crippen molar-refractivity contribution in [3.05, 3.63) is 59.7 Å². The van der Waals surface area contributed by atoms with Gasteiger partial charge < -0.3 is 4.74 Å². The average molecular weight is 275 g/mol. The second-order valence-electron chi connectivity index (χ2n) is 4.51. The van der Waals surface area contributed by atoms with Gasteiger partial charge in [0.25, 0.3) is 0 Å². The molecule has 0 radical (unpaired) electrons. The molecule has 5 heteroatoms. The minimum atomic E-state index is -0.348. The fourth-order valence-corrected chi connectivity index (χ4v) is 2.01. The number of aromatic nitrogens is 1. The van der Waals surface area contributed by atoms with Gasteiger partial charge in [-0.1, -0.05) is 12.1 Å². The molecule has 1 aromatic carbocycles. The number of hydrazine groups is 1. The molecule has 20 heavy (non-hydrogen) atoms. The molecule has 0 aliphatic rings. The average Bonchev–Trinajstić information content (AvgIpc) is 2.50. The number of benzene rings is 1. The zero-order valence-electron chi connectivity index (χ0n) is 11.3. The Morgan fingerprint density at radius 1 is 1.25 bits per heavy atom. The van der Waals surface area contributed by atoms with E-state index in [0.29, 0.717) is 0 Å². The highest BCUT2D eigenvalue weighted by atomic mass is 19.1. The molecule has 3 N–H and O–H groups in total. The monoisotopic (exact) mass is 275 g/mol. The fraction of sp³-hybridized carbons (Fsp3) is 0.267. The van der Waals surface area contributed by atoms with Gasteiger partial charge in [0.1, 0.15) is 11.6 Å². The van der Waals surface area contributed by atoms with E-state index in [1.54, 1.807) is 13.2 Å². The van der Waals surface area contributed by atoms with Gasteiger partial charge in [0.2, 0.25) is 0 Å². The highest BCUT2D eigenvalue weighted by Gasteiger charge is 2.11. The van der Waals surface area contributed by atoms with Crippen molar-refractivity contribution in [2.24, 2.45) is 5.84 Å². The molecule has 0 bridgehead atoms. The summed E-state index contributed by atoms with van der Waals surface area (Å²) in [6.07, 6.45) is 2.83. The molecule has 0 aliphatic carbocycles. The molecule has 0 fully saturated rings. The molecule has 1 unspecified atom stereocenters. The van der Waals surface area contributed by atoms with Crippen molar-refractivity contribution in [3.8, 4) is 5.75 Å². The van der Waals surface area contributed by atoms with Crippen molar-refractivity contribution >= 4 is 0 Å². The lowest BCUT2D eigenvalue weighted by Crippen LogP contribution is -2.29. The van der Waals surface area contributed by atoms with Gasteiger partial charge in [0, 0.05) is 0 Å². The Morgan fingerprint density at radius 3 is 2.55 bits per heavy atom. The second kappa shape index (κ2) is 6.98. The first kappa shape index (κ1) is 14.4. The van der Waals surface area contributed by atoms with E-state index in [1.807, 2.05) is 24.3 Å². The quantitative estimate of drug-likeness (QED) is 0.627. The molecule has 2 aromatic rings. The Labute approximate surface area is 117 Å². The van der Waals surface area contributed by atoms with Crippen LogP contribution in [0.5, 0.6) is 5.75 Å². The van der Waals surface area contributed by atoms with Crippen LogP contribution >= 0.6 is 0 Å². The predicted molar refractivity (Wildman–Crippen MR) is 75.6 cm³/mol. The SMILES string of the molecule is COc1ccc(CCC(NN)c2ccc(F)cn2)cc1. The summed E-state index contributed by atoms with van der Waals surface area (Å²) < 4.78 is 18.0. The third kappa shape index (κ3) is 3.76. The summed E-state index contributed by atoms with van der Waals surface area (Å²) >= 11 is 0. The molecular formula is C15H18FN3O. The van der Waals surface area contributed by atoms with E-state index in [2.05, 4.69) is 10.4 Å². The van der Waals surface area contributed by atoms with Crippen LogP contribution in [-0.2, 0) is 6.42 Å². The highest BCUT2D eigenvalue weighted by molar-refractivity contribution is 5.27. The van der Waals surface area contributed by atoms with Crippen LogP contribution in [0, 0.1) is 5.82 Å². The maximum atomic E-state index is 12.9. The first-order valence-electron chi connectivity index (χ1n) is 6.43. The lowest BCUT2D eigenvalue weighted by atomic mass is 10.0. The highest BCUT2D eigenvalue weighted by Crippen LogP contribution is 2.18. The zero-order chi connectivity index (χ0) is 14.4. The van der Waals surface area contributed by atoms with Gasteiger partial charge in [0.05, 0.1) is 25.0 Å². The molecular weight excluding hydrogens is 257 g/mol. The first-order valence-corrected chi connectivity index (χ1v) is 6.43. The molecule has 2 rings (SSSR count). The van der Waals surface area contributed by atoms with Gasteiger partial charge in [-0.15, -0.1) is 0 Å². The summed E-state index contributed by atoms with van der Waals surface area (Å²) in [7, 11) is 1.64. The number of rotatable bonds is 6. The van der Waals surface area contributed by atoms with Gasteiger partial charge in [-0.3, -0.25) is 16.3 Å². The van der Waals surface area contributed by atoms with Crippen molar-refractivity contribution in [2.45, 2.75) is 18.9 Å². The van der Waals surface area contributed by atoms with Crippen molar-refractivity contribution in [1.82, 2.24) is 10.4 Å². The fourth-order valence-electron chi connectivity index (χ4n) is 2.01. The minimum absolute atomic E-state index is 0.0994. The Balaban J connectivity index is 1.97.